The Kier molecular flexibility index (Phi) is 6.12. The van der Waals surface area contributed by atoms with E-state index < -0.39 is 0 Å². The second kappa shape index (κ2) is 8.08. The number of amides is 3. The number of rotatable bonds is 4. The molecule has 1 aromatic rings. The number of urea groups is 1. The fraction of sp³-hybridized carbons (Fsp3) is 0.500. The van der Waals surface area contributed by atoms with E-state index in [0.29, 0.717) is 19.5 Å². The standard InChI is InChI=1S/C16H23N3O2S/c1-3-10-22-14-7-5-4-6-13(14)18-16(21)19-9-8-15(20)17-11-12(19)2/h4-7,12H,3,8-11H2,1-2H3,(H,17,20)(H,18,21). The molecule has 1 aliphatic rings. The van der Waals surface area contributed by atoms with Crippen LogP contribution in [0.3, 0.4) is 0 Å². The van der Waals surface area contributed by atoms with Crippen LogP contribution >= 0.6 is 11.8 Å². The van der Waals surface area contributed by atoms with Crippen LogP contribution in [0.4, 0.5) is 10.5 Å². The monoisotopic (exact) mass is 321 g/mol. The van der Waals surface area contributed by atoms with Crippen molar-refractivity contribution in [3.63, 3.8) is 0 Å². The zero-order chi connectivity index (χ0) is 15.9. The number of thioether (sulfide) groups is 1. The molecule has 0 radical (unpaired) electrons. The van der Waals surface area contributed by atoms with E-state index in [9.17, 15) is 9.59 Å². The van der Waals surface area contributed by atoms with Crippen molar-refractivity contribution in [2.24, 2.45) is 0 Å². The molecule has 1 unspecified atom stereocenters. The largest absolute Gasteiger partial charge is 0.354 e. The molecule has 1 aliphatic heterocycles. The molecule has 120 valence electrons. The predicted molar refractivity (Wildman–Crippen MR) is 90.3 cm³/mol. The average Bonchev–Trinajstić information content (AvgIpc) is 2.68. The van der Waals surface area contributed by atoms with E-state index in [2.05, 4.69) is 17.6 Å². The second-order valence-corrected chi connectivity index (χ2v) is 6.51. The molecule has 0 aliphatic carbocycles. The van der Waals surface area contributed by atoms with Crippen molar-refractivity contribution in [2.75, 3.05) is 24.2 Å². The number of anilines is 1. The van der Waals surface area contributed by atoms with E-state index in [-0.39, 0.29) is 18.0 Å². The van der Waals surface area contributed by atoms with Crippen molar-refractivity contribution in [1.29, 1.82) is 0 Å². The SMILES string of the molecule is CCCSc1ccccc1NC(=O)N1CCC(=O)NCC1C. The molecule has 3 amide bonds. The lowest BCUT2D eigenvalue weighted by Gasteiger charge is -2.27. The van der Waals surface area contributed by atoms with Gasteiger partial charge in [-0.3, -0.25) is 4.79 Å². The van der Waals surface area contributed by atoms with E-state index in [4.69, 9.17) is 0 Å². The first-order valence-electron chi connectivity index (χ1n) is 7.68. The maximum atomic E-state index is 12.5. The number of nitrogens with zero attached hydrogens (tertiary/aromatic N) is 1. The number of carbonyl (C=O) groups excluding carboxylic acids is 2. The van der Waals surface area contributed by atoms with Gasteiger partial charge >= 0.3 is 6.03 Å². The summed E-state index contributed by atoms with van der Waals surface area (Å²) in [5.41, 5.74) is 0.835. The number of nitrogens with one attached hydrogen (secondary N) is 2. The van der Waals surface area contributed by atoms with Gasteiger partial charge in [0.15, 0.2) is 0 Å². The minimum absolute atomic E-state index is 0.000974. The maximum Gasteiger partial charge on any atom is 0.322 e. The lowest BCUT2D eigenvalue weighted by Crippen LogP contribution is -2.44. The second-order valence-electron chi connectivity index (χ2n) is 5.37. The highest BCUT2D eigenvalue weighted by Crippen LogP contribution is 2.27. The Bertz CT molecular complexity index is 536. The molecule has 0 bridgehead atoms. The predicted octanol–water partition coefficient (Wildman–Crippen LogP) is 2.93. The summed E-state index contributed by atoms with van der Waals surface area (Å²) in [6.45, 7) is 5.03. The van der Waals surface area contributed by atoms with Crippen LogP contribution in [0.1, 0.15) is 26.7 Å². The van der Waals surface area contributed by atoms with Gasteiger partial charge in [-0.1, -0.05) is 19.1 Å². The summed E-state index contributed by atoms with van der Waals surface area (Å²) in [6.07, 6.45) is 1.44. The first-order chi connectivity index (χ1) is 10.6. The van der Waals surface area contributed by atoms with Crippen LogP contribution in [0.2, 0.25) is 0 Å². The smallest absolute Gasteiger partial charge is 0.322 e. The lowest BCUT2D eigenvalue weighted by atomic mass is 10.3. The van der Waals surface area contributed by atoms with Gasteiger partial charge in [0.2, 0.25) is 5.91 Å². The third-order valence-electron chi connectivity index (χ3n) is 3.56. The molecule has 22 heavy (non-hydrogen) atoms. The summed E-state index contributed by atoms with van der Waals surface area (Å²) in [4.78, 5) is 26.8. The zero-order valence-corrected chi connectivity index (χ0v) is 13.9. The van der Waals surface area contributed by atoms with Gasteiger partial charge in [0.1, 0.15) is 0 Å². The van der Waals surface area contributed by atoms with Crippen LogP contribution in [0.25, 0.3) is 0 Å². The zero-order valence-electron chi connectivity index (χ0n) is 13.1. The first-order valence-corrected chi connectivity index (χ1v) is 8.66. The van der Waals surface area contributed by atoms with E-state index in [1.807, 2.05) is 31.2 Å². The fourth-order valence-corrected chi connectivity index (χ4v) is 3.17. The lowest BCUT2D eigenvalue weighted by molar-refractivity contribution is -0.120. The van der Waals surface area contributed by atoms with Crippen LogP contribution in [-0.2, 0) is 4.79 Å². The van der Waals surface area contributed by atoms with Crippen molar-refractivity contribution < 1.29 is 9.59 Å². The summed E-state index contributed by atoms with van der Waals surface area (Å²) in [6, 6.07) is 7.68. The molecule has 1 aromatic carbocycles. The quantitative estimate of drug-likeness (QED) is 0.838. The van der Waals surface area contributed by atoms with Gasteiger partial charge in [0, 0.05) is 30.4 Å². The van der Waals surface area contributed by atoms with Gasteiger partial charge in [-0.05, 0) is 31.2 Å². The molecule has 1 atom stereocenters. The summed E-state index contributed by atoms with van der Waals surface area (Å²) < 4.78 is 0. The molecular weight excluding hydrogens is 298 g/mol. The Morgan fingerprint density at radius 3 is 3.00 bits per heavy atom. The Hall–Kier alpha value is -1.69. The van der Waals surface area contributed by atoms with Crippen LogP contribution in [-0.4, -0.2) is 41.7 Å². The van der Waals surface area contributed by atoms with Crippen molar-refractivity contribution >= 4 is 29.4 Å². The van der Waals surface area contributed by atoms with E-state index in [0.717, 1.165) is 22.8 Å². The molecule has 5 nitrogen and oxygen atoms in total. The molecule has 2 rings (SSSR count). The molecular formula is C16H23N3O2S. The Morgan fingerprint density at radius 1 is 1.45 bits per heavy atom. The van der Waals surface area contributed by atoms with Crippen LogP contribution in [0, 0.1) is 0 Å². The Labute approximate surface area is 135 Å². The minimum atomic E-state index is -0.145. The minimum Gasteiger partial charge on any atom is -0.354 e. The number of hydrogen-bond donors (Lipinski definition) is 2. The van der Waals surface area contributed by atoms with Gasteiger partial charge in [-0.2, -0.15) is 0 Å². The van der Waals surface area contributed by atoms with Crippen molar-refractivity contribution in [3.8, 4) is 0 Å². The van der Waals surface area contributed by atoms with Crippen LogP contribution < -0.4 is 10.6 Å². The third-order valence-corrected chi connectivity index (χ3v) is 4.84. The van der Waals surface area contributed by atoms with E-state index >= 15 is 0 Å². The number of carbonyl (C=O) groups is 2. The summed E-state index contributed by atoms with van der Waals surface area (Å²) in [5.74, 6) is 1.02. The highest BCUT2D eigenvalue weighted by atomic mass is 32.2. The normalized spacial score (nSPS) is 18.5. The summed E-state index contributed by atoms with van der Waals surface area (Å²) >= 11 is 1.74. The van der Waals surface area contributed by atoms with Crippen LogP contribution in [0.5, 0.6) is 0 Å². The Morgan fingerprint density at radius 2 is 2.23 bits per heavy atom. The molecule has 1 heterocycles. The summed E-state index contributed by atoms with van der Waals surface area (Å²) in [5, 5.41) is 5.81. The average molecular weight is 321 g/mol. The highest BCUT2D eigenvalue weighted by molar-refractivity contribution is 7.99. The maximum absolute atomic E-state index is 12.5. The van der Waals surface area contributed by atoms with Crippen molar-refractivity contribution in [3.05, 3.63) is 24.3 Å². The van der Waals surface area contributed by atoms with Gasteiger partial charge in [0.05, 0.1) is 5.69 Å². The molecule has 2 N–H and O–H groups in total. The molecule has 0 saturated carbocycles. The number of benzene rings is 1. The number of para-hydroxylation sites is 1. The highest BCUT2D eigenvalue weighted by Gasteiger charge is 2.24. The van der Waals surface area contributed by atoms with Gasteiger partial charge in [0.25, 0.3) is 0 Å². The number of hydrogen-bond acceptors (Lipinski definition) is 3. The molecule has 6 heteroatoms. The van der Waals surface area contributed by atoms with Crippen molar-refractivity contribution in [1.82, 2.24) is 10.2 Å². The third kappa shape index (κ3) is 4.40. The van der Waals surface area contributed by atoms with Gasteiger partial charge in [-0.25, -0.2) is 4.79 Å². The Balaban J connectivity index is 2.06. The molecule has 1 saturated heterocycles. The van der Waals surface area contributed by atoms with Gasteiger partial charge in [-0.15, -0.1) is 11.8 Å². The van der Waals surface area contributed by atoms with Crippen LogP contribution in [0.15, 0.2) is 29.2 Å². The topological polar surface area (TPSA) is 61.4 Å². The van der Waals surface area contributed by atoms with E-state index in [1.165, 1.54) is 0 Å². The first kappa shape index (κ1) is 16.7. The molecule has 0 aromatic heterocycles. The molecule has 0 spiro atoms. The molecule has 1 fully saturated rings. The summed E-state index contributed by atoms with van der Waals surface area (Å²) in [7, 11) is 0. The van der Waals surface area contributed by atoms with E-state index in [1.54, 1.807) is 16.7 Å². The fourth-order valence-electron chi connectivity index (χ4n) is 2.30. The van der Waals surface area contributed by atoms with Gasteiger partial charge < -0.3 is 15.5 Å². The van der Waals surface area contributed by atoms with Crippen molar-refractivity contribution in [2.45, 2.75) is 37.6 Å².